The summed E-state index contributed by atoms with van der Waals surface area (Å²) in [7, 11) is 0. The van der Waals surface area contributed by atoms with Gasteiger partial charge in [0, 0.05) is 6.61 Å². The largest absolute Gasteiger partial charge is 0.479 e. The molecular formula is C19H35NO6. The molecule has 0 aromatic rings. The number of carbonyl (C=O) groups is 2. The summed E-state index contributed by atoms with van der Waals surface area (Å²) in [6.07, 6.45) is 4.45. The number of alkyl carbamates (subject to hydrolysis) is 1. The minimum Gasteiger partial charge on any atom is -0.479 e. The van der Waals surface area contributed by atoms with E-state index < -0.39 is 29.8 Å². The minimum atomic E-state index is -1.12. The average molecular weight is 373 g/mol. The van der Waals surface area contributed by atoms with E-state index in [0.29, 0.717) is 25.6 Å². The van der Waals surface area contributed by atoms with Gasteiger partial charge in [-0.05, 0) is 40.0 Å². The third kappa shape index (κ3) is 9.38. The number of carboxylic acids is 1. The van der Waals surface area contributed by atoms with Gasteiger partial charge < -0.3 is 24.6 Å². The fourth-order valence-electron chi connectivity index (χ4n) is 3.24. The van der Waals surface area contributed by atoms with Gasteiger partial charge in [-0.3, -0.25) is 0 Å². The summed E-state index contributed by atoms with van der Waals surface area (Å²) in [5.41, 5.74) is -0.645. The minimum absolute atomic E-state index is 0.169. The van der Waals surface area contributed by atoms with Crippen LogP contribution in [-0.4, -0.2) is 54.7 Å². The van der Waals surface area contributed by atoms with Crippen LogP contribution in [0.15, 0.2) is 0 Å². The molecule has 152 valence electrons. The number of amides is 1. The smallest absolute Gasteiger partial charge is 0.407 e. The molecule has 0 spiro atoms. The van der Waals surface area contributed by atoms with Crippen LogP contribution in [0.25, 0.3) is 0 Å². The molecule has 0 saturated heterocycles. The molecule has 1 rings (SSSR count). The van der Waals surface area contributed by atoms with Crippen molar-refractivity contribution in [3.05, 3.63) is 0 Å². The Morgan fingerprint density at radius 1 is 1.15 bits per heavy atom. The highest BCUT2D eigenvalue weighted by atomic mass is 16.6. The van der Waals surface area contributed by atoms with Gasteiger partial charge in [-0.1, -0.05) is 32.1 Å². The molecule has 0 unspecified atom stereocenters. The zero-order chi connectivity index (χ0) is 19.6. The van der Waals surface area contributed by atoms with Crippen LogP contribution in [0.3, 0.4) is 0 Å². The fourth-order valence-corrected chi connectivity index (χ4v) is 3.24. The van der Waals surface area contributed by atoms with E-state index in [1.54, 1.807) is 20.8 Å². The van der Waals surface area contributed by atoms with Gasteiger partial charge in [0.2, 0.25) is 0 Å². The molecule has 0 aromatic carbocycles. The fraction of sp³-hybridized carbons (Fsp3) is 0.895. The highest BCUT2D eigenvalue weighted by molar-refractivity contribution is 5.75. The van der Waals surface area contributed by atoms with E-state index in [9.17, 15) is 14.7 Å². The van der Waals surface area contributed by atoms with E-state index in [0.717, 1.165) is 25.7 Å². The van der Waals surface area contributed by atoms with E-state index in [4.69, 9.17) is 14.2 Å². The van der Waals surface area contributed by atoms with Gasteiger partial charge in [-0.25, -0.2) is 9.59 Å². The summed E-state index contributed by atoms with van der Waals surface area (Å²) in [5.74, 6) is -0.695. The Morgan fingerprint density at radius 2 is 1.81 bits per heavy atom. The van der Waals surface area contributed by atoms with Crippen molar-refractivity contribution < 1.29 is 28.9 Å². The maximum absolute atomic E-state index is 12.2. The van der Waals surface area contributed by atoms with Crippen molar-refractivity contribution >= 4 is 12.1 Å². The number of nitrogens with one attached hydrogen (secondary N) is 1. The molecule has 2 atom stereocenters. The summed E-state index contributed by atoms with van der Waals surface area (Å²) in [6, 6.07) is -0.632. The highest BCUT2D eigenvalue weighted by Gasteiger charge is 2.34. The molecule has 7 heteroatoms. The quantitative estimate of drug-likeness (QED) is 0.570. The number of hydrogen-bond donors (Lipinski definition) is 2. The van der Waals surface area contributed by atoms with Gasteiger partial charge in [0.1, 0.15) is 5.60 Å². The summed E-state index contributed by atoms with van der Waals surface area (Å²) in [5, 5.41) is 12.4. The van der Waals surface area contributed by atoms with Crippen LogP contribution in [0.2, 0.25) is 0 Å². The van der Waals surface area contributed by atoms with Gasteiger partial charge in [-0.2, -0.15) is 0 Å². The molecule has 1 amide bonds. The molecule has 1 aliphatic carbocycles. The van der Waals surface area contributed by atoms with Crippen molar-refractivity contribution in [3.8, 4) is 0 Å². The Labute approximate surface area is 156 Å². The van der Waals surface area contributed by atoms with E-state index >= 15 is 0 Å². The first-order valence-corrected chi connectivity index (χ1v) is 9.64. The molecule has 26 heavy (non-hydrogen) atoms. The van der Waals surface area contributed by atoms with Crippen LogP contribution in [0, 0.1) is 5.92 Å². The summed E-state index contributed by atoms with van der Waals surface area (Å²) in [6.45, 7) is 8.22. The Morgan fingerprint density at radius 3 is 2.35 bits per heavy atom. The molecule has 1 aliphatic rings. The number of carbonyl (C=O) groups excluding carboxylic acids is 1. The maximum atomic E-state index is 12.2. The Kier molecular flexibility index (Phi) is 9.94. The summed E-state index contributed by atoms with van der Waals surface area (Å²) < 4.78 is 16.1. The first-order chi connectivity index (χ1) is 12.2. The Hall–Kier alpha value is -1.34. The number of aliphatic carboxylic acids is 1. The van der Waals surface area contributed by atoms with Crippen LogP contribution in [0.1, 0.15) is 66.2 Å². The summed E-state index contributed by atoms with van der Waals surface area (Å²) in [4.78, 5) is 24.0. The van der Waals surface area contributed by atoms with E-state index in [1.165, 1.54) is 6.42 Å². The van der Waals surface area contributed by atoms with Gasteiger partial charge in [0.15, 0.2) is 6.10 Å². The predicted octanol–water partition coefficient (Wildman–Crippen LogP) is 3.36. The van der Waals surface area contributed by atoms with Crippen molar-refractivity contribution in [1.82, 2.24) is 5.32 Å². The van der Waals surface area contributed by atoms with Crippen LogP contribution in [0.4, 0.5) is 4.79 Å². The number of rotatable bonds is 10. The zero-order valence-corrected chi connectivity index (χ0v) is 16.6. The first-order valence-electron chi connectivity index (χ1n) is 9.64. The van der Waals surface area contributed by atoms with Crippen LogP contribution in [-0.2, 0) is 19.0 Å². The molecule has 0 bridgehead atoms. The van der Waals surface area contributed by atoms with Crippen molar-refractivity contribution in [1.29, 1.82) is 0 Å². The van der Waals surface area contributed by atoms with Crippen LogP contribution >= 0.6 is 0 Å². The third-order valence-electron chi connectivity index (χ3n) is 4.35. The Bertz CT molecular complexity index is 428. The lowest BCUT2D eigenvalue weighted by atomic mass is 9.83. The topological polar surface area (TPSA) is 94.1 Å². The molecule has 0 radical (unpaired) electrons. The number of hydrogen-bond acceptors (Lipinski definition) is 5. The lowest BCUT2D eigenvalue weighted by molar-refractivity contribution is -0.153. The van der Waals surface area contributed by atoms with E-state index in [1.807, 2.05) is 6.92 Å². The molecule has 0 aromatic heterocycles. The van der Waals surface area contributed by atoms with Crippen molar-refractivity contribution in [2.45, 2.75) is 84.0 Å². The van der Waals surface area contributed by atoms with Gasteiger partial charge in [-0.15, -0.1) is 0 Å². The molecule has 0 aliphatic heterocycles. The lowest BCUT2D eigenvalue weighted by Gasteiger charge is -2.31. The Balaban J connectivity index is 2.76. The molecular weight excluding hydrogens is 338 g/mol. The molecule has 0 heterocycles. The monoisotopic (exact) mass is 373 g/mol. The SMILES string of the molecule is CCOCCO[C@@H](C(=O)O)[C@H](CC1CCCCC1)NC(=O)OC(C)(C)C. The van der Waals surface area contributed by atoms with Gasteiger partial charge in [0.25, 0.3) is 0 Å². The number of carboxylic acid groups (broad SMARTS) is 1. The predicted molar refractivity (Wildman–Crippen MR) is 98.2 cm³/mol. The van der Waals surface area contributed by atoms with Crippen molar-refractivity contribution in [3.63, 3.8) is 0 Å². The first kappa shape index (κ1) is 22.7. The van der Waals surface area contributed by atoms with Crippen molar-refractivity contribution in [2.24, 2.45) is 5.92 Å². The average Bonchev–Trinajstić information content (AvgIpc) is 2.53. The summed E-state index contributed by atoms with van der Waals surface area (Å²) >= 11 is 0. The second-order valence-electron chi connectivity index (χ2n) is 7.82. The second-order valence-corrected chi connectivity index (χ2v) is 7.82. The normalized spacial score (nSPS) is 18.2. The third-order valence-corrected chi connectivity index (χ3v) is 4.35. The van der Waals surface area contributed by atoms with Gasteiger partial charge >= 0.3 is 12.1 Å². The standard InChI is InChI=1S/C19H35NO6/c1-5-24-11-12-25-16(17(21)22)15(13-14-9-7-6-8-10-14)20-18(23)26-19(2,3)4/h14-16H,5-13H2,1-4H3,(H,20,23)(H,21,22)/t15-,16+/m0/s1. The molecule has 1 saturated carbocycles. The van der Waals surface area contributed by atoms with Crippen LogP contribution in [0.5, 0.6) is 0 Å². The van der Waals surface area contributed by atoms with E-state index in [2.05, 4.69) is 5.32 Å². The molecule has 7 nitrogen and oxygen atoms in total. The maximum Gasteiger partial charge on any atom is 0.407 e. The molecule has 2 N–H and O–H groups in total. The highest BCUT2D eigenvalue weighted by Crippen LogP contribution is 2.28. The number of ether oxygens (including phenoxy) is 3. The molecule has 1 fully saturated rings. The lowest BCUT2D eigenvalue weighted by Crippen LogP contribution is -2.50. The van der Waals surface area contributed by atoms with Gasteiger partial charge in [0.05, 0.1) is 19.3 Å². The zero-order valence-electron chi connectivity index (χ0n) is 16.6. The van der Waals surface area contributed by atoms with E-state index in [-0.39, 0.29) is 6.61 Å². The second kappa shape index (κ2) is 11.4. The van der Waals surface area contributed by atoms with Crippen molar-refractivity contribution in [2.75, 3.05) is 19.8 Å². The van der Waals surface area contributed by atoms with Crippen LogP contribution < -0.4 is 5.32 Å².